The van der Waals surface area contributed by atoms with Crippen molar-refractivity contribution in [3.05, 3.63) is 29.6 Å². The van der Waals surface area contributed by atoms with Gasteiger partial charge in [0.1, 0.15) is 0 Å². The van der Waals surface area contributed by atoms with Gasteiger partial charge in [-0.25, -0.2) is 0 Å². The lowest BCUT2D eigenvalue weighted by Crippen LogP contribution is -2.13. The summed E-state index contributed by atoms with van der Waals surface area (Å²) in [6.07, 6.45) is 15.9. The van der Waals surface area contributed by atoms with Gasteiger partial charge in [0.2, 0.25) is 0 Å². The zero-order valence-electron chi connectivity index (χ0n) is 13.6. The van der Waals surface area contributed by atoms with Crippen LogP contribution < -0.4 is 0 Å². The smallest absolute Gasteiger partial charge is 0.0852 e. The van der Waals surface area contributed by atoms with Crippen LogP contribution in [0.2, 0.25) is 0 Å². The lowest BCUT2D eigenvalue weighted by atomic mass is 9.77. The Kier molecular flexibility index (Phi) is 7.21. The zero-order chi connectivity index (χ0) is 14.9. The summed E-state index contributed by atoms with van der Waals surface area (Å²) in [5, 5.41) is 9.05. The van der Waals surface area contributed by atoms with Crippen LogP contribution in [0.25, 0.3) is 0 Å². The number of unbranched alkanes of at least 4 members (excludes halogenated alkanes) is 4. The van der Waals surface area contributed by atoms with E-state index < -0.39 is 0 Å². The summed E-state index contributed by atoms with van der Waals surface area (Å²) in [6.45, 7) is 2.33. The fourth-order valence-electron chi connectivity index (χ4n) is 3.59. The van der Waals surface area contributed by atoms with Gasteiger partial charge in [-0.05, 0) is 49.1 Å². The third-order valence-electron chi connectivity index (χ3n) is 5.04. The summed E-state index contributed by atoms with van der Waals surface area (Å²) < 4.78 is 0. The summed E-state index contributed by atoms with van der Waals surface area (Å²) in [6, 6.07) is 4.13. The van der Waals surface area contributed by atoms with Crippen LogP contribution in [0.15, 0.2) is 18.3 Å². The standard InChI is InChI=1S/C19H31NO/c1-2-3-4-5-6-7-16-8-10-17(11-9-16)18-12-13-19(15-21)20-14-18/h12-14,16-17,21H,2-11,15H2,1H3. The lowest BCUT2D eigenvalue weighted by Gasteiger charge is -2.28. The summed E-state index contributed by atoms with van der Waals surface area (Å²) in [4.78, 5) is 4.32. The van der Waals surface area contributed by atoms with E-state index in [0.717, 1.165) is 11.6 Å². The van der Waals surface area contributed by atoms with Crippen molar-refractivity contribution in [2.45, 2.75) is 83.7 Å². The Bertz CT molecular complexity index is 379. The van der Waals surface area contributed by atoms with Gasteiger partial charge in [-0.15, -0.1) is 0 Å². The first kappa shape index (κ1) is 16.5. The Morgan fingerprint density at radius 3 is 2.43 bits per heavy atom. The monoisotopic (exact) mass is 289 g/mol. The van der Waals surface area contributed by atoms with E-state index in [0.29, 0.717) is 5.92 Å². The molecule has 0 atom stereocenters. The average Bonchev–Trinajstić information content (AvgIpc) is 2.55. The molecule has 1 aliphatic rings. The molecule has 2 heteroatoms. The number of aromatic nitrogens is 1. The lowest BCUT2D eigenvalue weighted by molar-refractivity contribution is 0.276. The normalized spacial score (nSPS) is 22.4. The number of nitrogens with zero attached hydrogens (tertiary/aromatic N) is 1. The fourth-order valence-corrected chi connectivity index (χ4v) is 3.59. The van der Waals surface area contributed by atoms with Gasteiger partial charge >= 0.3 is 0 Å². The molecule has 1 N–H and O–H groups in total. The first-order valence-electron chi connectivity index (χ1n) is 8.89. The minimum Gasteiger partial charge on any atom is -0.390 e. The number of rotatable bonds is 8. The second-order valence-electron chi connectivity index (χ2n) is 6.66. The second-order valence-corrected chi connectivity index (χ2v) is 6.66. The minimum atomic E-state index is 0.0467. The zero-order valence-corrected chi connectivity index (χ0v) is 13.6. The van der Waals surface area contributed by atoms with E-state index in [-0.39, 0.29) is 6.61 Å². The Hall–Kier alpha value is -0.890. The molecule has 2 rings (SSSR count). The maximum atomic E-state index is 9.05. The third-order valence-corrected chi connectivity index (χ3v) is 5.04. The predicted octanol–water partition coefficient (Wildman–Crippen LogP) is 5.21. The van der Waals surface area contributed by atoms with Crippen molar-refractivity contribution < 1.29 is 5.11 Å². The second kappa shape index (κ2) is 9.19. The van der Waals surface area contributed by atoms with Gasteiger partial charge in [0.05, 0.1) is 12.3 Å². The van der Waals surface area contributed by atoms with Gasteiger partial charge in [0.25, 0.3) is 0 Å². The molecular formula is C19H31NO. The average molecular weight is 289 g/mol. The highest BCUT2D eigenvalue weighted by Crippen LogP contribution is 2.37. The highest BCUT2D eigenvalue weighted by molar-refractivity contribution is 5.18. The van der Waals surface area contributed by atoms with Crippen LogP contribution in [0.1, 0.15) is 88.3 Å². The first-order chi connectivity index (χ1) is 10.3. The summed E-state index contributed by atoms with van der Waals surface area (Å²) >= 11 is 0. The van der Waals surface area contributed by atoms with Crippen molar-refractivity contribution in [3.8, 4) is 0 Å². The molecule has 0 aromatic carbocycles. The molecule has 0 amide bonds. The molecule has 0 unspecified atom stereocenters. The maximum Gasteiger partial charge on any atom is 0.0852 e. The molecule has 0 radical (unpaired) electrons. The van der Waals surface area contributed by atoms with Gasteiger partial charge in [0.15, 0.2) is 0 Å². The Morgan fingerprint density at radius 1 is 1.05 bits per heavy atom. The number of hydrogen-bond acceptors (Lipinski definition) is 2. The highest BCUT2D eigenvalue weighted by Gasteiger charge is 2.22. The number of aliphatic hydroxyl groups is 1. The predicted molar refractivity (Wildman–Crippen MR) is 88.2 cm³/mol. The third kappa shape index (κ3) is 5.43. The molecule has 1 heterocycles. The van der Waals surface area contributed by atoms with Crippen LogP contribution in [0.5, 0.6) is 0 Å². The van der Waals surface area contributed by atoms with Crippen molar-refractivity contribution in [3.63, 3.8) is 0 Å². The molecule has 1 aromatic heterocycles. The van der Waals surface area contributed by atoms with Gasteiger partial charge in [0, 0.05) is 6.20 Å². The molecule has 0 aliphatic heterocycles. The van der Waals surface area contributed by atoms with Crippen molar-refractivity contribution in [2.24, 2.45) is 5.92 Å². The quantitative estimate of drug-likeness (QED) is 0.666. The van der Waals surface area contributed by atoms with Crippen LogP contribution in [0, 0.1) is 5.92 Å². The number of hydrogen-bond donors (Lipinski definition) is 1. The Balaban J connectivity index is 1.67. The molecule has 1 aliphatic carbocycles. The largest absolute Gasteiger partial charge is 0.390 e. The van der Waals surface area contributed by atoms with Gasteiger partial charge < -0.3 is 5.11 Å². The molecule has 1 fully saturated rings. The topological polar surface area (TPSA) is 33.1 Å². The van der Waals surface area contributed by atoms with E-state index in [1.807, 2.05) is 12.3 Å². The van der Waals surface area contributed by atoms with Crippen molar-refractivity contribution in [1.29, 1.82) is 0 Å². The maximum absolute atomic E-state index is 9.05. The van der Waals surface area contributed by atoms with Crippen molar-refractivity contribution >= 4 is 0 Å². The first-order valence-corrected chi connectivity index (χ1v) is 8.89. The SMILES string of the molecule is CCCCCCCC1CCC(c2ccc(CO)nc2)CC1. The van der Waals surface area contributed by atoms with E-state index in [9.17, 15) is 0 Å². The van der Waals surface area contributed by atoms with E-state index in [1.54, 1.807) is 0 Å². The molecule has 21 heavy (non-hydrogen) atoms. The summed E-state index contributed by atoms with van der Waals surface area (Å²) in [5.41, 5.74) is 2.15. The van der Waals surface area contributed by atoms with E-state index in [4.69, 9.17) is 5.11 Å². The summed E-state index contributed by atoms with van der Waals surface area (Å²) in [5.74, 6) is 1.66. The number of aliphatic hydroxyl groups excluding tert-OH is 1. The van der Waals surface area contributed by atoms with Crippen LogP contribution in [0.4, 0.5) is 0 Å². The molecule has 1 saturated carbocycles. The van der Waals surface area contributed by atoms with E-state index >= 15 is 0 Å². The Labute approximate surface area is 130 Å². The molecule has 0 bridgehead atoms. The van der Waals surface area contributed by atoms with Gasteiger partial charge in [-0.3, -0.25) is 4.98 Å². The Morgan fingerprint density at radius 2 is 1.81 bits per heavy atom. The van der Waals surface area contributed by atoms with Gasteiger partial charge in [-0.2, -0.15) is 0 Å². The van der Waals surface area contributed by atoms with Crippen LogP contribution in [0.3, 0.4) is 0 Å². The molecule has 118 valence electrons. The van der Waals surface area contributed by atoms with Crippen molar-refractivity contribution in [1.82, 2.24) is 4.98 Å². The van der Waals surface area contributed by atoms with Crippen LogP contribution in [-0.4, -0.2) is 10.1 Å². The molecular weight excluding hydrogens is 258 g/mol. The van der Waals surface area contributed by atoms with E-state index in [2.05, 4.69) is 18.0 Å². The highest BCUT2D eigenvalue weighted by atomic mass is 16.3. The van der Waals surface area contributed by atoms with E-state index in [1.165, 1.54) is 69.8 Å². The number of pyridine rings is 1. The van der Waals surface area contributed by atoms with Crippen LogP contribution >= 0.6 is 0 Å². The van der Waals surface area contributed by atoms with Crippen molar-refractivity contribution in [2.75, 3.05) is 0 Å². The van der Waals surface area contributed by atoms with Crippen LogP contribution in [-0.2, 0) is 6.61 Å². The fraction of sp³-hybridized carbons (Fsp3) is 0.737. The molecule has 0 spiro atoms. The van der Waals surface area contributed by atoms with Gasteiger partial charge in [-0.1, -0.05) is 51.5 Å². The summed E-state index contributed by atoms with van der Waals surface area (Å²) in [7, 11) is 0. The molecule has 1 aromatic rings. The minimum absolute atomic E-state index is 0.0467. The molecule has 0 saturated heterocycles. The molecule has 2 nitrogen and oxygen atoms in total.